The van der Waals surface area contributed by atoms with Crippen LogP contribution in [0.15, 0.2) is 0 Å². The average molecular weight is 189 g/mol. The van der Waals surface area contributed by atoms with E-state index in [1.54, 1.807) is 0 Å². The third-order valence-corrected chi connectivity index (χ3v) is 2.48. The van der Waals surface area contributed by atoms with Crippen molar-refractivity contribution in [2.45, 2.75) is 18.9 Å². The highest BCUT2D eigenvalue weighted by Gasteiger charge is 2.20. The molecule has 0 aliphatic carbocycles. The topological polar surface area (TPSA) is 52.9 Å². The van der Waals surface area contributed by atoms with Crippen molar-refractivity contribution in [2.24, 2.45) is 0 Å². The van der Waals surface area contributed by atoms with Crippen molar-refractivity contribution in [3.63, 3.8) is 0 Å². The molecule has 4 heteroatoms. The first-order valence-electron chi connectivity index (χ1n) is 4.92. The first-order valence-corrected chi connectivity index (χ1v) is 4.92. The molecule has 13 heavy (non-hydrogen) atoms. The summed E-state index contributed by atoms with van der Waals surface area (Å²) >= 11 is 0. The van der Waals surface area contributed by atoms with Crippen LogP contribution in [-0.4, -0.2) is 60.7 Å². The van der Waals surface area contributed by atoms with E-state index in [0.717, 1.165) is 26.1 Å². The van der Waals surface area contributed by atoms with Crippen molar-refractivity contribution < 1.29 is 14.9 Å². The lowest BCUT2D eigenvalue weighted by Gasteiger charge is -2.33. The first kappa shape index (κ1) is 10.9. The molecule has 0 aromatic carbocycles. The number of nitrogens with zero attached hydrogens (tertiary/aromatic N) is 1. The second-order valence-corrected chi connectivity index (χ2v) is 3.33. The predicted molar refractivity (Wildman–Crippen MR) is 49.6 cm³/mol. The van der Waals surface area contributed by atoms with Crippen LogP contribution in [0.1, 0.15) is 12.8 Å². The van der Waals surface area contributed by atoms with E-state index in [4.69, 9.17) is 14.9 Å². The summed E-state index contributed by atoms with van der Waals surface area (Å²) in [4.78, 5) is 2.14. The van der Waals surface area contributed by atoms with Crippen LogP contribution >= 0.6 is 0 Å². The summed E-state index contributed by atoms with van der Waals surface area (Å²) in [6.45, 7) is 3.25. The lowest BCUT2D eigenvalue weighted by Crippen LogP contribution is -2.42. The minimum Gasteiger partial charge on any atom is -0.395 e. The Balaban J connectivity index is 2.32. The lowest BCUT2D eigenvalue weighted by molar-refractivity contribution is 0.0221. The molecule has 0 spiro atoms. The van der Waals surface area contributed by atoms with Crippen molar-refractivity contribution >= 4 is 0 Å². The van der Waals surface area contributed by atoms with E-state index in [1.807, 2.05) is 0 Å². The average Bonchev–Trinajstić information content (AvgIpc) is 2.19. The molecule has 1 aliphatic rings. The molecule has 1 heterocycles. The van der Waals surface area contributed by atoms with Crippen LogP contribution in [0.2, 0.25) is 0 Å². The Kier molecular flexibility index (Phi) is 5.31. The zero-order valence-corrected chi connectivity index (χ0v) is 7.98. The number of aliphatic hydroxyl groups excluding tert-OH is 2. The molecule has 1 saturated heterocycles. The molecule has 2 N–H and O–H groups in total. The number of hydrogen-bond donors (Lipinski definition) is 2. The third-order valence-electron chi connectivity index (χ3n) is 2.48. The van der Waals surface area contributed by atoms with E-state index in [9.17, 15) is 0 Å². The number of hydrogen-bond acceptors (Lipinski definition) is 4. The molecular formula is C9H19NO3. The van der Waals surface area contributed by atoms with Gasteiger partial charge in [0.1, 0.15) is 0 Å². The minimum absolute atomic E-state index is 0.164. The maximum Gasteiger partial charge on any atom is 0.0558 e. The summed E-state index contributed by atoms with van der Waals surface area (Å²) in [5, 5.41) is 17.7. The quantitative estimate of drug-likeness (QED) is 0.609. The van der Waals surface area contributed by atoms with Crippen molar-refractivity contribution in [1.29, 1.82) is 0 Å². The van der Waals surface area contributed by atoms with Gasteiger partial charge in [0.15, 0.2) is 0 Å². The highest BCUT2D eigenvalue weighted by atomic mass is 16.5. The molecule has 1 rings (SSSR count). The maximum absolute atomic E-state index is 8.84. The molecule has 0 saturated carbocycles. The van der Waals surface area contributed by atoms with E-state index >= 15 is 0 Å². The Morgan fingerprint density at radius 3 is 2.08 bits per heavy atom. The zero-order valence-electron chi connectivity index (χ0n) is 7.98. The fourth-order valence-corrected chi connectivity index (χ4v) is 1.78. The Morgan fingerprint density at radius 2 is 1.62 bits per heavy atom. The molecule has 78 valence electrons. The highest BCUT2D eigenvalue weighted by Crippen LogP contribution is 2.13. The third kappa shape index (κ3) is 3.60. The molecule has 0 atom stereocenters. The van der Waals surface area contributed by atoms with Gasteiger partial charge >= 0.3 is 0 Å². The van der Waals surface area contributed by atoms with E-state index in [2.05, 4.69) is 4.90 Å². The van der Waals surface area contributed by atoms with Gasteiger partial charge in [-0.25, -0.2) is 0 Å². The van der Waals surface area contributed by atoms with Crippen molar-refractivity contribution in [3.05, 3.63) is 0 Å². The van der Waals surface area contributed by atoms with Crippen LogP contribution in [-0.2, 0) is 4.74 Å². The van der Waals surface area contributed by atoms with Crippen LogP contribution in [0.3, 0.4) is 0 Å². The maximum atomic E-state index is 8.84. The summed E-state index contributed by atoms with van der Waals surface area (Å²) in [7, 11) is 0. The van der Waals surface area contributed by atoms with Crippen molar-refractivity contribution in [2.75, 3.05) is 39.5 Å². The number of rotatable bonds is 5. The smallest absolute Gasteiger partial charge is 0.0558 e. The molecule has 0 radical (unpaired) electrons. The van der Waals surface area contributed by atoms with Crippen LogP contribution in [0.5, 0.6) is 0 Å². The summed E-state index contributed by atoms with van der Waals surface area (Å²) in [6.07, 6.45) is 2.03. The van der Waals surface area contributed by atoms with E-state index in [0.29, 0.717) is 19.1 Å². The summed E-state index contributed by atoms with van der Waals surface area (Å²) in [5.74, 6) is 0. The van der Waals surface area contributed by atoms with Gasteiger partial charge < -0.3 is 14.9 Å². The monoisotopic (exact) mass is 189 g/mol. The van der Waals surface area contributed by atoms with Gasteiger partial charge in [-0.15, -0.1) is 0 Å². The Hall–Kier alpha value is -0.160. The molecule has 0 bridgehead atoms. The van der Waals surface area contributed by atoms with Crippen LogP contribution in [0.25, 0.3) is 0 Å². The number of aliphatic hydroxyl groups is 2. The SMILES string of the molecule is OCCN(CCO)C1CCOCC1. The van der Waals surface area contributed by atoms with Gasteiger partial charge in [-0.1, -0.05) is 0 Å². The van der Waals surface area contributed by atoms with E-state index in [-0.39, 0.29) is 13.2 Å². The van der Waals surface area contributed by atoms with E-state index in [1.165, 1.54) is 0 Å². The number of ether oxygens (including phenoxy) is 1. The van der Waals surface area contributed by atoms with Crippen molar-refractivity contribution in [1.82, 2.24) is 4.90 Å². The molecule has 1 aliphatic heterocycles. The fraction of sp³-hybridized carbons (Fsp3) is 1.00. The Morgan fingerprint density at radius 1 is 1.08 bits per heavy atom. The van der Waals surface area contributed by atoms with Gasteiger partial charge in [0, 0.05) is 32.3 Å². The second kappa shape index (κ2) is 6.32. The molecular weight excluding hydrogens is 170 g/mol. The molecule has 0 unspecified atom stereocenters. The van der Waals surface area contributed by atoms with Crippen molar-refractivity contribution in [3.8, 4) is 0 Å². The standard InChI is InChI=1S/C9H19NO3/c11-5-3-10(4-6-12)9-1-7-13-8-2-9/h9,11-12H,1-8H2. The molecule has 0 aromatic heterocycles. The van der Waals surface area contributed by atoms with Crippen LogP contribution in [0, 0.1) is 0 Å². The molecule has 0 amide bonds. The first-order chi connectivity index (χ1) is 6.38. The Bertz CT molecular complexity index is 120. The lowest BCUT2D eigenvalue weighted by atomic mass is 10.1. The fourth-order valence-electron chi connectivity index (χ4n) is 1.78. The normalized spacial score (nSPS) is 19.6. The summed E-state index contributed by atoms with van der Waals surface area (Å²) < 4.78 is 5.25. The summed E-state index contributed by atoms with van der Waals surface area (Å²) in [6, 6.07) is 0.480. The van der Waals surface area contributed by atoms with Crippen LogP contribution < -0.4 is 0 Å². The van der Waals surface area contributed by atoms with Gasteiger partial charge in [0.2, 0.25) is 0 Å². The second-order valence-electron chi connectivity index (χ2n) is 3.33. The minimum atomic E-state index is 0.164. The van der Waals surface area contributed by atoms with Gasteiger partial charge in [-0.05, 0) is 12.8 Å². The predicted octanol–water partition coefficient (Wildman–Crippen LogP) is -0.548. The van der Waals surface area contributed by atoms with E-state index < -0.39 is 0 Å². The van der Waals surface area contributed by atoms with Gasteiger partial charge in [-0.3, -0.25) is 4.90 Å². The largest absolute Gasteiger partial charge is 0.395 e. The highest BCUT2D eigenvalue weighted by molar-refractivity contribution is 4.74. The van der Waals surface area contributed by atoms with Gasteiger partial charge in [-0.2, -0.15) is 0 Å². The van der Waals surface area contributed by atoms with Gasteiger partial charge in [0.25, 0.3) is 0 Å². The molecule has 0 aromatic rings. The zero-order chi connectivity index (χ0) is 9.52. The molecule has 1 fully saturated rings. The Labute approximate surface area is 79.1 Å². The van der Waals surface area contributed by atoms with Crippen LogP contribution in [0.4, 0.5) is 0 Å². The summed E-state index contributed by atoms with van der Waals surface area (Å²) in [5.41, 5.74) is 0. The van der Waals surface area contributed by atoms with Gasteiger partial charge in [0.05, 0.1) is 13.2 Å². The molecule has 4 nitrogen and oxygen atoms in total.